The van der Waals surface area contributed by atoms with Crippen molar-refractivity contribution in [2.24, 2.45) is 0 Å². The van der Waals surface area contributed by atoms with Gasteiger partial charge in [-0.05, 0) is 31.0 Å². The number of hydrogen-bond acceptors (Lipinski definition) is 2. The Morgan fingerprint density at radius 2 is 1.88 bits per heavy atom. The van der Waals surface area contributed by atoms with Crippen LogP contribution < -0.4 is 15.5 Å². The molecule has 2 atom stereocenters. The largest absolute Gasteiger partial charge is 0.348 e. The molecule has 0 spiro atoms. The zero-order valence-corrected chi connectivity index (χ0v) is 14.7. The van der Waals surface area contributed by atoms with E-state index in [2.05, 4.69) is 10.6 Å². The molecule has 5 nitrogen and oxygen atoms in total. The molecule has 1 unspecified atom stereocenters. The Bertz CT molecular complexity index is 778. The number of likely N-dealkylation sites (N-methyl/N-ethyl adjacent to an activating group) is 1. The molecule has 136 valence electrons. The first-order valence-corrected chi connectivity index (χ1v) is 8.76. The van der Waals surface area contributed by atoms with E-state index in [1.54, 1.807) is 6.07 Å². The molecule has 0 saturated heterocycles. The van der Waals surface area contributed by atoms with Crippen LogP contribution in [0.25, 0.3) is 0 Å². The van der Waals surface area contributed by atoms with Gasteiger partial charge in [0, 0.05) is 17.3 Å². The average Bonchev–Trinajstić information content (AvgIpc) is 3.39. The SMILES string of the molecule is C[NH+](CC(=O)Nc1cccc(F)c1)[C@@H](C(=O)NC1CC1)c1ccccc1. The molecule has 26 heavy (non-hydrogen) atoms. The van der Waals surface area contributed by atoms with Crippen molar-refractivity contribution in [2.75, 3.05) is 18.9 Å². The van der Waals surface area contributed by atoms with E-state index in [0.717, 1.165) is 23.3 Å². The van der Waals surface area contributed by atoms with Gasteiger partial charge in [-0.3, -0.25) is 9.59 Å². The lowest BCUT2D eigenvalue weighted by atomic mass is 10.0. The number of amides is 2. The van der Waals surface area contributed by atoms with E-state index in [1.807, 2.05) is 37.4 Å². The molecule has 0 aliphatic heterocycles. The van der Waals surface area contributed by atoms with Gasteiger partial charge in [-0.15, -0.1) is 0 Å². The van der Waals surface area contributed by atoms with Crippen molar-refractivity contribution in [2.45, 2.75) is 24.9 Å². The number of carbonyl (C=O) groups excluding carboxylic acids is 2. The normalized spacial score (nSPS) is 15.8. The van der Waals surface area contributed by atoms with Crippen LogP contribution in [0.3, 0.4) is 0 Å². The Morgan fingerprint density at radius 1 is 1.15 bits per heavy atom. The van der Waals surface area contributed by atoms with Crippen molar-refractivity contribution in [3.63, 3.8) is 0 Å². The highest BCUT2D eigenvalue weighted by Gasteiger charge is 2.34. The second-order valence-electron chi connectivity index (χ2n) is 6.71. The topological polar surface area (TPSA) is 62.6 Å². The molecule has 0 radical (unpaired) electrons. The van der Waals surface area contributed by atoms with E-state index in [4.69, 9.17) is 0 Å². The Kier molecular flexibility index (Phi) is 5.63. The fraction of sp³-hybridized carbons (Fsp3) is 0.300. The van der Waals surface area contributed by atoms with Gasteiger partial charge in [-0.2, -0.15) is 0 Å². The molecule has 3 rings (SSSR count). The van der Waals surface area contributed by atoms with E-state index in [-0.39, 0.29) is 24.4 Å². The van der Waals surface area contributed by atoms with Gasteiger partial charge in [0.1, 0.15) is 5.82 Å². The lowest BCUT2D eigenvalue weighted by Gasteiger charge is -2.24. The van der Waals surface area contributed by atoms with E-state index in [1.165, 1.54) is 18.2 Å². The summed E-state index contributed by atoms with van der Waals surface area (Å²) in [6, 6.07) is 15.0. The number of rotatable bonds is 7. The first-order chi connectivity index (χ1) is 12.5. The van der Waals surface area contributed by atoms with Gasteiger partial charge < -0.3 is 15.5 Å². The van der Waals surface area contributed by atoms with Gasteiger partial charge in [0.2, 0.25) is 0 Å². The Labute approximate surface area is 152 Å². The van der Waals surface area contributed by atoms with Crippen molar-refractivity contribution >= 4 is 17.5 Å². The average molecular weight is 356 g/mol. The highest BCUT2D eigenvalue weighted by molar-refractivity contribution is 5.91. The maximum Gasteiger partial charge on any atom is 0.283 e. The van der Waals surface area contributed by atoms with Crippen LogP contribution in [0.2, 0.25) is 0 Å². The minimum absolute atomic E-state index is 0.0743. The molecule has 1 aliphatic rings. The number of hydrogen-bond donors (Lipinski definition) is 3. The van der Waals surface area contributed by atoms with Crippen LogP contribution in [0.4, 0.5) is 10.1 Å². The van der Waals surface area contributed by atoms with Crippen LogP contribution in [0, 0.1) is 5.82 Å². The first kappa shape index (κ1) is 18.1. The number of carbonyl (C=O) groups is 2. The summed E-state index contributed by atoms with van der Waals surface area (Å²) < 4.78 is 13.3. The highest BCUT2D eigenvalue weighted by atomic mass is 19.1. The Morgan fingerprint density at radius 3 is 2.54 bits per heavy atom. The minimum Gasteiger partial charge on any atom is -0.348 e. The summed E-state index contributed by atoms with van der Waals surface area (Å²) in [6.07, 6.45) is 2.01. The third-order valence-corrected chi connectivity index (χ3v) is 4.36. The number of benzene rings is 2. The molecule has 1 fully saturated rings. The predicted molar refractivity (Wildman–Crippen MR) is 97.1 cm³/mol. The number of quaternary nitrogens is 1. The maximum atomic E-state index is 13.3. The summed E-state index contributed by atoms with van der Waals surface area (Å²) in [5, 5.41) is 5.70. The summed E-state index contributed by atoms with van der Waals surface area (Å²) in [6.45, 7) is 0.0914. The number of anilines is 1. The van der Waals surface area contributed by atoms with Crippen LogP contribution in [0.15, 0.2) is 54.6 Å². The smallest absolute Gasteiger partial charge is 0.283 e. The monoisotopic (exact) mass is 356 g/mol. The fourth-order valence-electron chi connectivity index (χ4n) is 2.94. The Hall–Kier alpha value is -2.73. The second-order valence-corrected chi connectivity index (χ2v) is 6.71. The molecule has 0 heterocycles. The summed E-state index contributed by atoms with van der Waals surface area (Å²) in [4.78, 5) is 25.8. The number of nitrogens with one attached hydrogen (secondary N) is 3. The molecule has 3 N–H and O–H groups in total. The van der Waals surface area contributed by atoms with Crippen LogP contribution in [0.1, 0.15) is 24.4 Å². The van der Waals surface area contributed by atoms with E-state index in [9.17, 15) is 14.0 Å². The highest BCUT2D eigenvalue weighted by Crippen LogP contribution is 2.20. The lowest BCUT2D eigenvalue weighted by Crippen LogP contribution is -3.11. The lowest BCUT2D eigenvalue weighted by molar-refractivity contribution is -0.894. The molecule has 2 amide bonds. The molecular formula is C20H23FN3O2+. The maximum absolute atomic E-state index is 13.3. The van der Waals surface area contributed by atoms with Gasteiger partial charge in [-0.1, -0.05) is 36.4 Å². The molecular weight excluding hydrogens is 333 g/mol. The minimum atomic E-state index is -0.477. The van der Waals surface area contributed by atoms with Gasteiger partial charge in [0.25, 0.3) is 11.8 Å². The van der Waals surface area contributed by atoms with E-state index >= 15 is 0 Å². The van der Waals surface area contributed by atoms with Crippen LogP contribution >= 0.6 is 0 Å². The van der Waals surface area contributed by atoms with E-state index in [0.29, 0.717) is 5.69 Å². The second kappa shape index (κ2) is 8.10. The van der Waals surface area contributed by atoms with Gasteiger partial charge in [0.15, 0.2) is 12.6 Å². The third-order valence-electron chi connectivity index (χ3n) is 4.36. The van der Waals surface area contributed by atoms with Gasteiger partial charge >= 0.3 is 0 Å². The van der Waals surface area contributed by atoms with Crippen molar-refractivity contribution in [3.8, 4) is 0 Å². The van der Waals surface area contributed by atoms with Gasteiger partial charge in [-0.25, -0.2) is 4.39 Å². The molecule has 0 aromatic heterocycles. The molecule has 1 aliphatic carbocycles. The molecule has 2 aromatic rings. The third kappa shape index (κ3) is 4.89. The summed E-state index contributed by atoms with van der Waals surface area (Å²) >= 11 is 0. The van der Waals surface area contributed by atoms with Crippen LogP contribution in [0.5, 0.6) is 0 Å². The fourth-order valence-corrected chi connectivity index (χ4v) is 2.94. The standard InChI is InChI=1S/C20H22FN3O2/c1-24(13-18(25)22-17-9-5-8-15(21)12-17)19(14-6-3-2-4-7-14)20(26)23-16-10-11-16/h2-9,12,16,19H,10-11,13H2,1H3,(H,22,25)(H,23,26)/p+1/t19-/m1/s1. The zero-order valence-electron chi connectivity index (χ0n) is 14.7. The van der Waals surface area contributed by atoms with Crippen LogP contribution in [-0.2, 0) is 9.59 Å². The molecule has 2 aromatic carbocycles. The van der Waals surface area contributed by atoms with Crippen LogP contribution in [-0.4, -0.2) is 31.4 Å². The van der Waals surface area contributed by atoms with Crippen molar-refractivity contribution in [3.05, 3.63) is 66.0 Å². The van der Waals surface area contributed by atoms with Crippen molar-refractivity contribution in [1.29, 1.82) is 0 Å². The molecule has 6 heteroatoms. The number of halogens is 1. The Balaban J connectivity index is 1.69. The summed E-state index contributed by atoms with van der Waals surface area (Å²) in [5.41, 5.74) is 1.27. The van der Waals surface area contributed by atoms with Gasteiger partial charge in [0.05, 0.1) is 7.05 Å². The van der Waals surface area contributed by atoms with E-state index < -0.39 is 11.9 Å². The molecule has 1 saturated carbocycles. The molecule has 0 bridgehead atoms. The van der Waals surface area contributed by atoms with Crippen molar-refractivity contribution in [1.82, 2.24) is 5.32 Å². The zero-order chi connectivity index (χ0) is 18.5. The quantitative estimate of drug-likeness (QED) is 0.700. The van der Waals surface area contributed by atoms with Crippen molar-refractivity contribution < 1.29 is 18.9 Å². The summed E-state index contributed by atoms with van der Waals surface area (Å²) in [5.74, 6) is -0.752. The first-order valence-electron chi connectivity index (χ1n) is 8.76. The predicted octanol–water partition coefficient (Wildman–Crippen LogP) is 1.30. The summed E-state index contributed by atoms with van der Waals surface area (Å²) in [7, 11) is 1.81.